The van der Waals surface area contributed by atoms with E-state index >= 15 is 0 Å². The molecule has 0 saturated carbocycles. The van der Waals surface area contributed by atoms with Crippen LogP contribution in [0.1, 0.15) is 10.4 Å². The summed E-state index contributed by atoms with van der Waals surface area (Å²) < 4.78 is 4.87. The molecule has 2 aromatic heterocycles. The Hall–Kier alpha value is -2.37. The van der Waals surface area contributed by atoms with Crippen LogP contribution in [0.15, 0.2) is 23.1 Å². The standard InChI is InChI=1S/C10H8N2O4/c1-16-7-3-2-6-8(12-7)9(13)5(4-11-6)10(14)15/h2-4H,1H3,(H,11,13)(H,14,15). The van der Waals surface area contributed by atoms with E-state index in [1.807, 2.05) is 0 Å². The van der Waals surface area contributed by atoms with Crippen molar-refractivity contribution in [3.05, 3.63) is 34.1 Å². The highest BCUT2D eigenvalue weighted by Crippen LogP contribution is 2.11. The fourth-order valence-electron chi connectivity index (χ4n) is 1.35. The summed E-state index contributed by atoms with van der Waals surface area (Å²) in [4.78, 5) is 29.1. The molecule has 0 radical (unpaired) electrons. The van der Waals surface area contributed by atoms with Crippen LogP contribution < -0.4 is 10.2 Å². The van der Waals surface area contributed by atoms with E-state index in [0.717, 1.165) is 6.20 Å². The first-order chi connectivity index (χ1) is 7.63. The van der Waals surface area contributed by atoms with Crippen LogP contribution >= 0.6 is 0 Å². The number of nitrogens with one attached hydrogen (secondary N) is 1. The van der Waals surface area contributed by atoms with E-state index in [9.17, 15) is 9.59 Å². The molecule has 0 amide bonds. The number of carbonyl (C=O) groups is 1. The van der Waals surface area contributed by atoms with Gasteiger partial charge in [-0.25, -0.2) is 9.78 Å². The van der Waals surface area contributed by atoms with E-state index in [-0.39, 0.29) is 17.0 Å². The van der Waals surface area contributed by atoms with Crippen LogP contribution in [0.5, 0.6) is 5.88 Å². The Morgan fingerprint density at radius 1 is 1.50 bits per heavy atom. The van der Waals surface area contributed by atoms with E-state index in [2.05, 4.69) is 9.97 Å². The van der Waals surface area contributed by atoms with Gasteiger partial charge in [-0.05, 0) is 6.07 Å². The number of aromatic nitrogens is 2. The zero-order valence-electron chi connectivity index (χ0n) is 8.35. The average Bonchev–Trinajstić information content (AvgIpc) is 2.28. The van der Waals surface area contributed by atoms with Gasteiger partial charge in [-0.3, -0.25) is 4.79 Å². The van der Waals surface area contributed by atoms with Crippen LogP contribution in [0.3, 0.4) is 0 Å². The van der Waals surface area contributed by atoms with Crippen molar-refractivity contribution in [1.29, 1.82) is 0 Å². The highest BCUT2D eigenvalue weighted by Gasteiger charge is 2.12. The van der Waals surface area contributed by atoms with E-state index in [1.165, 1.54) is 7.11 Å². The summed E-state index contributed by atoms with van der Waals surface area (Å²) in [6.07, 6.45) is 1.15. The lowest BCUT2D eigenvalue weighted by atomic mass is 10.2. The Balaban J connectivity index is 2.81. The molecule has 2 heterocycles. The fraction of sp³-hybridized carbons (Fsp3) is 0.100. The van der Waals surface area contributed by atoms with Gasteiger partial charge in [-0.2, -0.15) is 0 Å². The third-order valence-corrected chi connectivity index (χ3v) is 2.14. The molecule has 0 aliphatic carbocycles. The Morgan fingerprint density at radius 3 is 2.88 bits per heavy atom. The average molecular weight is 220 g/mol. The maximum absolute atomic E-state index is 11.7. The maximum Gasteiger partial charge on any atom is 0.341 e. The van der Waals surface area contributed by atoms with Crippen molar-refractivity contribution >= 4 is 17.0 Å². The van der Waals surface area contributed by atoms with Crippen molar-refractivity contribution in [1.82, 2.24) is 9.97 Å². The van der Waals surface area contributed by atoms with Gasteiger partial charge in [-0.1, -0.05) is 0 Å². The number of carboxylic acids is 1. The zero-order valence-corrected chi connectivity index (χ0v) is 8.35. The van der Waals surface area contributed by atoms with E-state index in [1.54, 1.807) is 12.1 Å². The van der Waals surface area contributed by atoms with Crippen LogP contribution in [0.25, 0.3) is 11.0 Å². The number of fused-ring (bicyclic) bond motifs is 1. The van der Waals surface area contributed by atoms with Gasteiger partial charge in [0, 0.05) is 12.3 Å². The summed E-state index contributed by atoms with van der Waals surface area (Å²) in [5.41, 5.74) is -0.441. The number of hydrogen-bond acceptors (Lipinski definition) is 4. The molecule has 0 aliphatic heterocycles. The van der Waals surface area contributed by atoms with Crippen molar-refractivity contribution in [3.8, 4) is 5.88 Å². The number of carboxylic acid groups (broad SMARTS) is 1. The molecular weight excluding hydrogens is 212 g/mol. The normalized spacial score (nSPS) is 10.3. The van der Waals surface area contributed by atoms with Gasteiger partial charge in [-0.15, -0.1) is 0 Å². The van der Waals surface area contributed by atoms with Crippen molar-refractivity contribution in [2.45, 2.75) is 0 Å². The molecular formula is C10H8N2O4. The zero-order chi connectivity index (χ0) is 11.7. The highest BCUT2D eigenvalue weighted by atomic mass is 16.5. The van der Waals surface area contributed by atoms with Gasteiger partial charge in [0.1, 0.15) is 11.1 Å². The molecule has 0 aromatic carbocycles. The summed E-state index contributed by atoms with van der Waals surface area (Å²) in [6, 6.07) is 3.19. The number of nitrogens with zero attached hydrogens (tertiary/aromatic N) is 1. The smallest absolute Gasteiger partial charge is 0.341 e. The summed E-state index contributed by atoms with van der Waals surface area (Å²) >= 11 is 0. The molecule has 0 atom stereocenters. The lowest BCUT2D eigenvalue weighted by Gasteiger charge is -2.01. The first-order valence-corrected chi connectivity index (χ1v) is 4.43. The summed E-state index contributed by atoms with van der Waals surface area (Å²) in [5, 5.41) is 8.77. The molecule has 0 fully saturated rings. The summed E-state index contributed by atoms with van der Waals surface area (Å²) in [7, 11) is 1.42. The number of ether oxygens (including phenoxy) is 1. The molecule has 2 N–H and O–H groups in total. The lowest BCUT2D eigenvalue weighted by molar-refractivity contribution is 0.0695. The monoisotopic (exact) mass is 220 g/mol. The number of rotatable bonds is 2. The summed E-state index contributed by atoms with van der Waals surface area (Å²) in [6.45, 7) is 0. The molecule has 6 heteroatoms. The largest absolute Gasteiger partial charge is 0.481 e. The van der Waals surface area contributed by atoms with Gasteiger partial charge < -0.3 is 14.8 Å². The first-order valence-electron chi connectivity index (χ1n) is 4.43. The second-order valence-corrected chi connectivity index (χ2v) is 3.09. The van der Waals surface area contributed by atoms with E-state index < -0.39 is 11.4 Å². The molecule has 6 nitrogen and oxygen atoms in total. The predicted molar refractivity (Wildman–Crippen MR) is 55.9 cm³/mol. The topological polar surface area (TPSA) is 92.3 Å². The SMILES string of the molecule is COc1ccc2[nH]cc(C(=O)O)c(=O)c2n1. The van der Waals surface area contributed by atoms with Gasteiger partial charge in [0.05, 0.1) is 12.6 Å². The van der Waals surface area contributed by atoms with E-state index in [0.29, 0.717) is 5.52 Å². The number of pyridine rings is 2. The van der Waals surface area contributed by atoms with Crippen LogP contribution in [0, 0.1) is 0 Å². The number of methoxy groups -OCH3 is 1. The maximum atomic E-state index is 11.7. The van der Waals surface area contributed by atoms with Crippen LogP contribution in [-0.4, -0.2) is 28.2 Å². The quantitative estimate of drug-likeness (QED) is 0.774. The third-order valence-electron chi connectivity index (χ3n) is 2.14. The molecule has 2 aromatic rings. The minimum Gasteiger partial charge on any atom is -0.481 e. The van der Waals surface area contributed by atoms with Crippen molar-refractivity contribution in [2.24, 2.45) is 0 Å². The minimum absolute atomic E-state index is 0.0549. The highest BCUT2D eigenvalue weighted by molar-refractivity contribution is 5.91. The summed E-state index contributed by atoms with van der Waals surface area (Å²) in [5.74, 6) is -1.02. The molecule has 0 saturated heterocycles. The van der Waals surface area contributed by atoms with Gasteiger partial charge in [0.2, 0.25) is 11.3 Å². The fourth-order valence-corrected chi connectivity index (χ4v) is 1.35. The van der Waals surface area contributed by atoms with Crippen molar-refractivity contribution in [3.63, 3.8) is 0 Å². The Kier molecular flexibility index (Phi) is 2.32. The molecule has 0 unspecified atom stereocenters. The predicted octanol–water partition coefficient (Wildman–Crippen LogP) is 0.630. The second-order valence-electron chi connectivity index (χ2n) is 3.09. The third kappa shape index (κ3) is 1.50. The first kappa shape index (κ1) is 10.2. The van der Waals surface area contributed by atoms with Crippen LogP contribution in [0.4, 0.5) is 0 Å². The Bertz CT molecular complexity index is 618. The lowest BCUT2D eigenvalue weighted by Crippen LogP contribution is -2.16. The van der Waals surface area contributed by atoms with Crippen LogP contribution in [-0.2, 0) is 0 Å². The second kappa shape index (κ2) is 3.65. The van der Waals surface area contributed by atoms with Crippen molar-refractivity contribution < 1.29 is 14.6 Å². The molecule has 16 heavy (non-hydrogen) atoms. The van der Waals surface area contributed by atoms with E-state index in [4.69, 9.17) is 9.84 Å². The van der Waals surface area contributed by atoms with Gasteiger partial charge >= 0.3 is 5.97 Å². The number of H-pyrrole nitrogens is 1. The Labute approximate surface area is 89.5 Å². The number of aromatic amines is 1. The Morgan fingerprint density at radius 2 is 2.25 bits per heavy atom. The number of hydrogen-bond donors (Lipinski definition) is 2. The molecule has 0 bridgehead atoms. The van der Waals surface area contributed by atoms with Crippen molar-refractivity contribution in [2.75, 3.05) is 7.11 Å². The number of aromatic carboxylic acids is 1. The molecule has 2 rings (SSSR count). The van der Waals surface area contributed by atoms with Gasteiger partial charge in [0.15, 0.2) is 0 Å². The minimum atomic E-state index is -1.28. The molecule has 0 aliphatic rings. The van der Waals surface area contributed by atoms with Gasteiger partial charge in [0.25, 0.3) is 0 Å². The van der Waals surface area contributed by atoms with Crippen LogP contribution in [0.2, 0.25) is 0 Å². The molecule has 82 valence electrons. The molecule has 0 spiro atoms.